The van der Waals surface area contributed by atoms with E-state index in [4.69, 9.17) is 12.2 Å². The lowest BCUT2D eigenvalue weighted by Gasteiger charge is -2.28. The summed E-state index contributed by atoms with van der Waals surface area (Å²) in [6, 6.07) is 15.3. The van der Waals surface area contributed by atoms with Crippen LogP contribution in [0.1, 0.15) is 65.6 Å². The summed E-state index contributed by atoms with van der Waals surface area (Å²) in [6.45, 7) is 11.9. The largest absolute Gasteiger partial charge is 0.352 e. The van der Waals surface area contributed by atoms with Gasteiger partial charge in [-0.05, 0) is 87.3 Å². The molecule has 31 heavy (non-hydrogen) atoms. The second-order valence-electron chi connectivity index (χ2n) is 8.63. The number of rotatable bonds is 6. The number of nitrogens with one attached hydrogen (secondary N) is 1. The summed E-state index contributed by atoms with van der Waals surface area (Å²) in [4.78, 5) is 7.04. The Kier molecular flexibility index (Phi) is 6.15. The maximum atomic E-state index is 5.80. The first-order chi connectivity index (χ1) is 14.9. The Morgan fingerprint density at radius 2 is 1.87 bits per heavy atom. The van der Waals surface area contributed by atoms with E-state index < -0.39 is 0 Å². The van der Waals surface area contributed by atoms with E-state index in [1.54, 1.807) is 0 Å². The highest BCUT2D eigenvalue weighted by Crippen LogP contribution is 2.41. The zero-order chi connectivity index (χ0) is 22.1. The summed E-state index contributed by atoms with van der Waals surface area (Å²) in [5.74, 6) is 0. The minimum atomic E-state index is 0.0399. The zero-order valence-corrected chi connectivity index (χ0v) is 20.0. The molecule has 0 unspecified atom stereocenters. The predicted molar refractivity (Wildman–Crippen MR) is 132 cm³/mol. The molecule has 1 aliphatic rings. The van der Waals surface area contributed by atoms with Crippen molar-refractivity contribution in [1.29, 1.82) is 0 Å². The SMILES string of the molecule is CCCCN1C(=S)N[C@H](c2ccccn2)[C@H]1c1cc(C)n(-c2cc(C)ccc2C)c1C. The van der Waals surface area contributed by atoms with Crippen LogP contribution < -0.4 is 5.32 Å². The number of hydrogen-bond acceptors (Lipinski definition) is 2. The standard InChI is InChI=1S/C26H32N4S/c1-6-7-14-29-25(24(28-26(29)31)22-10-8-9-13-27-22)21-16-19(4)30(20(21)5)23-15-17(2)11-12-18(23)3/h8-13,15-16,24-25H,6-7,14H2,1-5H3,(H,28,31)/t24-,25-/m1/s1. The number of unbranched alkanes of at least 4 members (excludes halogenated alkanes) is 1. The van der Waals surface area contributed by atoms with Crippen molar-refractivity contribution in [3.63, 3.8) is 0 Å². The third kappa shape index (κ3) is 3.99. The second kappa shape index (κ2) is 8.83. The molecule has 4 nitrogen and oxygen atoms in total. The Morgan fingerprint density at radius 1 is 1.06 bits per heavy atom. The van der Waals surface area contributed by atoms with E-state index in [1.807, 2.05) is 12.3 Å². The molecule has 1 saturated heterocycles. The highest BCUT2D eigenvalue weighted by molar-refractivity contribution is 7.80. The van der Waals surface area contributed by atoms with E-state index >= 15 is 0 Å². The molecular weight excluding hydrogens is 400 g/mol. The van der Waals surface area contributed by atoms with Gasteiger partial charge in [0.05, 0.1) is 17.8 Å². The third-order valence-electron chi connectivity index (χ3n) is 6.34. The summed E-state index contributed by atoms with van der Waals surface area (Å²) < 4.78 is 2.40. The van der Waals surface area contributed by atoms with Crippen LogP contribution in [0, 0.1) is 27.7 Å². The van der Waals surface area contributed by atoms with Crippen molar-refractivity contribution in [3.05, 3.63) is 82.4 Å². The van der Waals surface area contributed by atoms with Gasteiger partial charge in [-0.2, -0.15) is 0 Å². The lowest BCUT2D eigenvalue weighted by atomic mass is 9.96. The zero-order valence-electron chi connectivity index (χ0n) is 19.1. The molecule has 3 heterocycles. The third-order valence-corrected chi connectivity index (χ3v) is 6.70. The summed E-state index contributed by atoms with van der Waals surface area (Å²) in [5.41, 5.74) is 8.67. The van der Waals surface area contributed by atoms with Crippen molar-refractivity contribution < 1.29 is 0 Å². The quantitative estimate of drug-likeness (QED) is 0.493. The smallest absolute Gasteiger partial charge is 0.170 e. The van der Waals surface area contributed by atoms with E-state index in [2.05, 4.69) is 90.8 Å². The second-order valence-corrected chi connectivity index (χ2v) is 9.01. The molecule has 5 heteroatoms. The van der Waals surface area contributed by atoms with Gasteiger partial charge in [0.1, 0.15) is 0 Å². The highest BCUT2D eigenvalue weighted by atomic mass is 32.1. The number of hydrogen-bond donors (Lipinski definition) is 1. The number of pyridine rings is 1. The Hall–Kier alpha value is -2.66. The lowest BCUT2D eigenvalue weighted by molar-refractivity contribution is 0.312. The monoisotopic (exact) mass is 432 g/mol. The van der Waals surface area contributed by atoms with Gasteiger partial charge in [0.15, 0.2) is 5.11 Å². The average molecular weight is 433 g/mol. The minimum absolute atomic E-state index is 0.0399. The van der Waals surface area contributed by atoms with Crippen LogP contribution in [0.15, 0.2) is 48.7 Å². The van der Waals surface area contributed by atoms with Crippen molar-refractivity contribution in [2.24, 2.45) is 0 Å². The molecule has 0 spiro atoms. The number of thiocarbonyl (C=S) groups is 1. The summed E-state index contributed by atoms with van der Waals surface area (Å²) in [6.07, 6.45) is 4.12. The van der Waals surface area contributed by atoms with Crippen LogP contribution in [0.4, 0.5) is 0 Å². The van der Waals surface area contributed by atoms with Crippen molar-refractivity contribution in [2.75, 3.05) is 6.54 Å². The Bertz CT molecular complexity index is 1090. The number of aromatic nitrogens is 2. The van der Waals surface area contributed by atoms with Gasteiger partial charge in [0.25, 0.3) is 0 Å². The molecule has 1 aromatic carbocycles. The Balaban J connectivity index is 1.84. The van der Waals surface area contributed by atoms with Gasteiger partial charge in [-0.15, -0.1) is 0 Å². The van der Waals surface area contributed by atoms with E-state index in [9.17, 15) is 0 Å². The van der Waals surface area contributed by atoms with Crippen LogP contribution >= 0.6 is 12.2 Å². The first-order valence-electron chi connectivity index (χ1n) is 11.2. The van der Waals surface area contributed by atoms with E-state index in [0.29, 0.717) is 0 Å². The molecule has 1 fully saturated rings. The fourth-order valence-electron chi connectivity index (χ4n) is 4.73. The molecule has 3 aromatic rings. The van der Waals surface area contributed by atoms with Crippen LogP contribution in [0.2, 0.25) is 0 Å². The highest BCUT2D eigenvalue weighted by Gasteiger charge is 2.41. The molecule has 1 aliphatic heterocycles. The predicted octanol–water partition coefficient (Wildman–Crippen LogP) is 5.88. The first kappa shape index (κ1) is 21.6. The van der Waals surface area contributed by atoms with Crippen LogP contribution in [0.3, 0.4) is 0 Å². The van der Waals surface area contributed by atoms with Crippen molar-refractivity contribution in [2.45, 2.75) is 59.5 Å². The molecule has 0 bridgehead atoms. The van der Waals surface area contributed by atoms with Crippen molar-refractivity contribution in [1.82, 2.24) is 19.8 Å². The molecule has 4 rings (SSSR count). The molecule has 2 aromatic heterocycles. The van der Waals surface area contributed by atoms with Crippen LogP contribution in [-0.4, -0.2) is 26.1 Å². The van der Waals surface area contributed by atoms with Crippen molar-refractivity contribution >= 4 is 17.3 Å². The van der Waals surface area contributed by atoms with Gasteiger partial charge in [-0.25, -0.2) is 0 Å². The van der Waals surface area contributed by atoms with Gasteiger partial charge in [0.2, 0.25) is 0 Å². The minimum Gasteiger partial charge on any atom is -0.352 e. The van der Waals surface area contributed by atoms with Gasteiger partial charge in [0, 0.05) is 29.8 Å². The first-order valence-corrected chi connectivity index (χ1v) is 11.6. The number of nitrogens with zero attached hydrogens (tertiary/aromatic N) is 3. The summed E-state index contributed by atoms with van der Waals surface area (Å²) in [5, 5.41) is 4.40. The van der Waals surface area contributed by atoms with E-state index in [-0.39, 0.29) is 12.1 Å². The number of benzene rings is 1. The molecule has 0 radical (unpaired) electrons. The van der Waals surface area contributed by atoms with Gasteiger partial charge < -0.3 is 14.8 Å². The maximum absolute atomic E-state index is 5.80. The topological polar surface area (TPSA) is 33.1 Å². The fourth-order valence-corrected chi connectivity index (χ4v) is 5.06. The molecule has 0 aliphatic carbocycles. The fraction of sp³-hybridized carbons (Fsp3) is 0.385. The van der Waals surface area contributed by atoms with Gasteiger partial charge in [-0.1, -0.05) is 31.5 Å². The van der Waals surface area contributed by atoms with Gasteiger partial charge in [-0.3, -0.25) is 4.98 Å². The van der Waals surface area contributed by atoms with Crippen LogP contribution in [0.25, 0.3) is 5.69 Å². The van der Waals surface area contributed by atoms with Crippen molar-refractivity contribution in [3.8, 4) is 5.69 Å². The molecular formula is C26H32N4S. The van der Waals surface area contributed by atoms with Crippen LogP contribution in [-0.2, 0) is 0 Å². The molecule has 162 valence electrons. The molecule has 1 N–H and O–H groups in total. The Labute approximate surface area is 191 Å². The number of aryl methyl sites for hydroxylation is 3. The average Bonchev–Trinajstić information content (AvgIpc) is 3.24. The van der Waals surface area contributed by atoms with E-state index in [0.717, 1.165) is 30.2 Å². The molecule has 0 saturated carbocycles. The normalized spacial score (nSPS) is 18.5. The van der Waals surface area contributed by atoms with Gasteiger partial charge >= 0.3 is 0 Å². The van der Waals surface area contributed by atoms with E-state index in [1.165, 1.54) is 33.8 Å². The summed E-state index contributed by atoms with van der Waals surface area (Å²) in [7, 11) is 0. The van der Waals surface area contributed by atoms with Crippen LogP contribution in [0.5, 0.6) is 0 Å². The molecule has 2 atom stereocenters. The lowest BCUT2D eigenvalue weighted by Crippen LogP contribution is -2.30. The Morgan fingerprint density at radius 3 is 2.58 bits per heavy atom. The summed E-state index contributed by atoms with van der Waals surface area (Å²) >= 11 is 5.80. The maximum Gasteiger partial charge on any atom is 0.170 e. The molecule has 0 amide bonds.